The molecule has 3 aromatic carbocycles. The van der Waals surface area contributed by atoms with Crippen molar-refractivity contribution in [3.63, 3.8) is 0 Å². The maximum absolute atomic E-state index is 9.05. The highest BCUT2D eigenvalue weighted by atomic mass is 16.5. The van der Waals surface area contributed by atoms with E-state index in [1.165, 1.54) is 11.1 Å². The number of nitrogens with zero attached hydrogens (tertiary/aromatic N) is 1. The molecule has 0 saturated heterocycles. The summed E-state index contributed by atoms with van der Waals surface area (Å²) in [4.78, 5) is 0. The molecule has 0 aliphatic heterocycles. The fraction of sp³-hybridized carbons (Fsp3) is 0.0500. The SMILES string of the molecule is N#Cc1ccccc1OCc1ccc(-c2ccccc2)cc1. The molecule has 0 unspecified atom stereocenters. The largest absolute Gasteiger partial charge is 0.488 e. The summed E-state index contributed by atoms with van der Waals surface area (Å²) in [5.74, 6) is 0.622. The standard InChI is InChI=1S/C20H15NO/c21-14-19-8-4-5-9-20(19)22-15-16-10-12-18(13-11-16)17-6-2-1-3-7-17/h1-13H,15H2. The predicted molar refractivity (Wildman–Crippen MR) is 87.4 cm³/mol. The fourth-order valence-corrected chi connectivity index (χ4v) is 2.27. The maximum Gasteiger partial charge on any atom is 0.137 e. The molecule has 0 bridgehead atoms. The highest BCUT2D eigenvalue weighted by molar-refractivity contribution is 5.63. The molecule has 0 fully saturated rings. The highest BCUT2D eigenvalue weighted by Crippen LogP contribution is 2.21. The molecule has 0 spiro atoms. The Kier molecular flexibility index (Phi) is 4.17. The van der Waals surface area contributed by atoms with Crippen molar-refractivity contribution >= 4 is 0 Å². The summed E-state index contributed by atoms with van der Waals surface area (Å²) in [6, 6.07) is 28.0. The Hall–Kier alpha value is -3.05. The van der Waals surface area contributed by atoms with Gasteiger partial charge in [-0.1, -0.05) is 66.7 Å². The third-order valence-corrected chi connectivity index (χ3v) is 3.46. The quantitative estimate of drug-likeness (QED) is 0.689. The zero-order valence-corrected chi connectivity index (χ0v) is 12.1. The second kappa shape index (κ2) is 6.60. The molecule has 106 valence electrons. The van der Waals surface area contributed by atoms with Gasteiger partial charge in [0.05, 0.1) is 5.56 Å². The lowest BCUT2D eigenvalue weighted by Crippen LogP contribution is -1.97. The minimum atomic E-state index is 0.452. The van der Waals surface area contributed by atoms with E-state index in [0.717, 1.165) is 5.56 Å². The lowest BCUT2D eigenvalue weighted by Gasteiger charge is -2.08. The molecule has 0 aliphatic carbocycles. The van der Waals surface area contributed by atoms with Crippen molar-refractivity contribution in [1.82, 2.24) is 0 Å². The summed E-state index contributed by atoms with van der Waals surface area (Å²) < 4.78 is 5.74. The number of ether oxygens (including phenoxy) is 1. The van der Waals surface area contributed by atoms with Crippen LogP contribution in [0.25, 0.3) is 11.1 Å². The molecule has 0 radical (unpaired) electrons. The summed E-state index contributed by atoms with van der Waals surface area (Å²) in [7, 11) is 0. The Morgan fingerprint density at radius 2 is 1.36 bits per heavy atom. The molecule has 0 N–H and O–H groups in total. The van der Waals surface area contributed by atoms with Crippen LogP contribution in [0.1, 0.15) is 11.1 Å². The maximum atomic E-state index is 9.05. The second-order valence-electron chi connectivity index (χ2n) is 4.96. The van der Waals surface area contributed by atoms with Gasteiger partial charge in [0.2, 0.25) is 0 Å². The highest BCUT2D eigenvalue weighted by Gasteiger charge is 2.03. The molecular weight excluding hydrogens is 270 g/mol. The van der Waals surface area contributed by atoms with E-state index in [1.54, 1.807) is 6.07 Å². The first-order valence-corrected chi connectivity index (χ1v) is 7.13. The van der Waals surface area contributed by atoms with Gasteiger partial charge < -0.3 is 4.74 Å². The Morgan fingerprint density at radius 3 is 2.09 bits per heavy atom. The number of benzene rings is 3. The minimum absolute atomic E-state index is 0.452. The molecular formula is C20H15NO. The predicted octanol–water partition coefficient (Wildman–Crippen LogP) is 4.80. The van der Waals surface area contributed by atoms with Crippen molar-refractivity contribution in [3.8, 4) is 22.9 Å². The van der Waals surface area contributed by atoms with Crippen LogP contribution in [-0.4, -0.2) is 0 Å². The van der Waals surface area contributed by atoms with Crippen LogP contribution >= 0.6 is 0 Å². The molecule has 0 atom stereocenters. The monoisotopic (exact) mass is 285 g/mol. The molecule has 2 nitrogen and oxygen atoms in total. The van der Waals surface area contributed by atoms with Gasteiger partial charge in [-0.2, -0.15) is 5.26 Å². The van der Waals surface area contributed by atoms with Crippen molar-refractivity contribution in [2.24, 2.45) is 0 Å². The summed E-state index contributed by atoms with van der Waals surface area (Å²) in [5.41, 5.74) is 4.02. The van der Waals surface area contributed by atoms with Crippen LogP contribution in [0.3, 0.4) is 0 Å². The van der Waals surface area contributed by atoms with E-state index in [1.807, 2.05) is 36.4 Å². The summed E-state index contributed by atoms with van der Waals surface area (Å²) in [6.45, 7) is 0.452. The lowest BCUT2D eigenvalue weighted by molar-refractivity contribution is 0.305. The molecule has 2 heteroatoms. The van der Waals surface area contributed by atoms with Crippen molar-refractivity contribution in [2.75, 3.05) is 0 Å². The van der Waals surface area contributed by atoms with Gasteiger partial charge in [0.25, 0.3) is 0 Å². The summed E-state index contributed by atoms with van der Waals surface area (Å²) >= 11 is 0. The van der Waals surface area contributed by atoms with E-state index in [0.29, 0.717) is 17.9 Å². The van der Waals surface area contributed by atoms with Gasteiger partial charge in [0.1, 0.15) is 18.4 Å². The van der Waals surface area contributed by atoms with E-state index in [-0.39, 0.29) is 0 Å². The third kappa shape index (κ3) is 3.16. The number of nitriles is 1. The van der Waals surface area contributed by atoms with Gasteiger partial charge in [-0.15, -0.1) is 0 Å². The molecule has 0 aliphatic rings. The number of rotatable bonds is 4. The first-order valence-electron chi connectivity index (χ1n) is 7.13. The fourth-order valence-electron chi connectivity index (χ4n) is 2.27. The van der Waals surface area contributed by atoms with E-state index < -0.39 is 0 Å². The smallest absolute Gasteiger partial charge is 0.137 e. The zero-order valence-electron chi connectivity index (χ0n) is 12.1. The second-order valence-corrected chi connectivity index (χ2v) is 4.96. The molecule has 0 amide bonds. The van der Waals surface area contributed by atoms with Crippen LogP contribution in [0.2, 0.25) is 0 Å². The number of hydrogen-bond acceptors (Lipinski definition) is 2. The average Bonchev–Trinajstić information content (AvgIpc) is 2.61. The van der Waals surface area contributed by atoms with Gasteiger partial charge in [-0.25, -0.2) is 0 Å². The van der Waals surface area contributed by atoms with Gasteiger partial charge in [0.15, 0.2) is 0 Å². The Balaban J connectivity index is 1.71. The van der Waals surface area contributed by atoms with E-state index in [2.05, 4.69) is 42.5 Å². The van der Waals surface area contributed by atoms with Gasteiger partial charge in [-0.3, -0.25) is 0 Å². The van der Waals surface area contributed by atoms with E-state index in [9.17, 15) is 0 Å². The Bertz CT molecular complexity index is 786. The van der Waals surface area contributed by atoms with Crippen molar-refractivity contribution in [2.45, 2.75) is 6.61 Å². The first-order chi connectivity index (χ1) is 10.9. The molecule has 22 heavy (non-hydrogen) atoms. The normalized spacial score (nSPS) is 9.95. The van der Waals surface area contributed by atoms with Crippen molar-refractivity contribution in [1.29, 1.82) is 5.26 Å². The first kappa shape index (κ1) is 13.9. The third-order valence-electron chi connectivity index (χ3n) is 3.46. The van der Waals surface area contributed by atoms with Crippen LogP contribution in [0, 0.1) is 11.3 Å². The van der Waals surface area contributed by atoms with Gasteiger partial charge >= 0.3 is 0 Å². The molecule has 3 rings (SSSR count). The summed E-state index contributed by atoms with van der Waals surface area (Å²) in [6.07, 6.45) is 0. The van der Waals surface area contributed by atoms with E-state index in [4.69, 9.17) is 10.00 Å². The average molecular weight is 285 g/mol. The number of hydrogen-bond donors (Lipinski definition) is 0. The van der Waals surface area contributed by atoms with Crippen molar-refractivity contribution in [3.05, 3.63) is 90.0 Å². The Morgan fingerprint density at radius 1 is 0.727 bits per heavy atom. The molecule has 3 aromatic rings. The topological polar surface area (TPSA) is 33.0 Å². The zero-order chi connectivity index (χ0) is 15.2. The number of para-hydroxylation sites is 1. The van der Waals surface area contributed by atoms with E-state index >= 15 is 0 Å². The van der Waals surface area contributed by atoms with Crippen LogP contribution < -0.4 is 4.74 Å². The van der Waals surface area contributed by atoms with Crippen LogP contribution in [0.5, 0.6) is 5.75 Å². The van der Waals surface area contributed by atoms with Gasteiger partial charge in [-0.05, 0) is 28.8 Å². The van der Waals surface area contributed by atoms with Crippen LogP contribution in [0.15, 0.2) is 78.9 Å². The molecule has 0 aromatic heterocycles. The molecule has 0 heterocycles. The summed E-state index contributed by atoms with van der Waals surface area (Å²) in [5, 5.41) is 9.05. The van der Waals surface area contributed by atoms with Crippen LogP contribution in [0.4, 0.5) is 0 Å². The minimum Gasteiger partial charge on any atom is -0.488 e. The Labute approximate surface area is 130 Å². The molecule has 0 saturated carbocycles. The van der Waals surface area contributed by atoms with Crippen molar-refractivity contribution < 1.29 is 4.74 Å². The lowest BCUT2D eigenvalue weighted by atomic mass is 10.0. The van der Waals surface area contributed by atoms with Gasteiger partial charge in [0, 0.05) is 0 Å². The van der Waals surface area contributed by atoms with Crippen LogP contribution in [-0.2, 0) is 6.61 Å².